The number of nitrogens with one attached hydrogen (secondary N) is 1. The smallest absolute Gasteiger partial charge is 0.261 e. The fourth-order valence-corrected chi connectivity index (χ4v) is 3.99. The van der Waals surface area contributed by atoms with Gasteiger partial charge in [0.25, 0.3) is 5.91 Å². The first kappa shape index (κ1) is 18.1. The lowest BCUT2D eigenvalue weighted by Gasteiger charge is -2.50. The van der Waals surface area contributed by atoms with E-state index in [0.29, 0.717) is 12.0 Å². The van der Waals surface area contributed by atoms with Crippen LogP contribution in [0.2, 0.25) is 0 Å². The predicted molar refractivity (Wildman–Crippen MR) is 98.8 cm³/mol. The van der Waals surface area contributed by atoms with Gasteiger partial charge < -0.3 is 10.2 Å². The Morgan fingerprint density at radius 1 is 1.46 bits per heavy atom. The fraction of sp³-hybridized carbons (Fsp3) is 0.500. The molecule has 1 heterocycles. The maximum Gasteiger partial charge on any atom is 0.261 e. The van der Waals surface area contributed by atoms with Crippen molar-refractivity contribution in [3.63, 3.8) is 0 Å². The van der Waals surface area contributed by atoms with Crippen molar-refractivity contribution < 1.29 is 4.79 Å². The molecule has 0 fully saturated rings. The number of fused-ring (bicyclic) bond motifs is 1. The summed E-state index contributed by atoms with van der Waals surface area (Å²) >= 11 is 0. The second kappa shape index (κ2) is 6.68. The Morgan fingerprint density at radius 2 is 2.12 bits per heavy atom. The molecule has 1 N–H and O–H groups in total. The second-order valence-electron chi connectivity index (χ2n) is 7.45. The van der Waals surface area contributed by atoms with Gasteiger partial charge in [-0.15, -0.1) is 0 Å². The monoisotopic (exact) mass is 325 g/mol. The van der Waals surface area contributed by atoms with Gasteiger partial charge in [0.05, 0.1) is 0 Å². The molecular formula is C20H27N3O. The molecule has 4 heteroatoms. The van der Waals surface area contributed by atoms with E-state index in [9.17, 15) is 10.1 Å². The number of benzene rings is 1. The summed E-state index contributed by atoms with van der Waals surface area (Å²) < 4.78 is 0. The van der Waals surface area contributed by atoms with E-state index in [1.807, 2.05) is 12.1 Å². The number of amides is 1. The van der Waals surface area contributed by atoms with Gasteiger partial charge in [-0.25, -0.2) is 0 Å². The van der Waals surface area contributed by atoms with E-state index < -0.39 is 0 Å². The van der Waals surface area contributed by atoms with Gasteiger partial charge in [0.15, 0.2) is 0 Å². The molecule has 1 aliphatic heterocycles. The third-order valence-electron chi connectivity index (χ3n) is 4.72. The van der Waals surface area contributed by atoms with Gasteiger partial charge in [0.2, 0.25) is 0 Å². The summed E-state index contributed by atoms with van der Waals surface area (Å²) in [6.45, 7) is 11.3. The molecule has 24 heavy (non-hydrogen) atoms. The van der Waals surface area contributed by atoms with Gasteiger partial charge in [-0.3, -0.25) is 4.79 Å². The Balaban J connectivity index is 2.52. The standard InChI is InChI=1S/C20H27N3O/c1-13(2)23-18-8-7-15(9-16(12-21)19(24)22-6)10-17(18)14(3)11-20(23,4)5/h7-10,13-14H,11H2,1-6H3,(H,22,24)/b16-9-. The number of rotatable bonds is 3. The third kappa shape index (κ3) is 3.31. The SMILES string of the molecule is CNC(=O)/C(C#N)=C\c1ccc2c(c1)C(C)CC(C)(C)N2C(C)C. The number of nitrogens with zero attached hydrogens (tertiary/aromatic N) is 2. The van der Waals surface area contributed by atoms with Crippen LogP contribution in [0.25, 0.3) is 6.08 Å². The van der Waals surface area contributed by atoms with Crippen LogP contribution in [0, 0.1) is 11.3 Å². The van der Waals surface area contributed by atoms with Gasteiger partial charge in [-0.2, -0.15) is 5.26 Å². The van der Waals surface area contributed by atoms with Crippen LogP contribution in [0.4, 0.5) is 5.69 Å². The highest BCUT2D eigenvalue weighted by Gasteiger charge is 2.37. The van der Waals surface area contributed by atoms with Crippen molar-refractivity contribution in [1.29, 1.82) is 5.26 Å². The molecule has 0 bridgehead atoms. The zero-order chi connectivity index (χ0) is 18.1. The van der Waals surface area contributed by atoms with Crippen molar-refractivity contribution in [1.82, 2.24) is 5.32 Å². The highest BCUT2D eigenvalue weighted by Crippen LogP contribution is 2.44. The normalized spacial score (nSPS) is 19.7. The topological polar surface area (TPSA) is 56.1 Å². The van der Waals surface area contributed by atoms with Crippen LogP contribution < -0.4 is 10.2 Å². The summed E-state index contributed by atoms with van der Waals surface area (Å²) in [5.74, 6) is 0.0806. The van der Waals surface area contributed by atoms with Crippen molar-refractivity contribution in [2.75, 3.05) is 11.9 Å². The summed E-state index contributed by atoms with van der Waals surface area (Å²) in [6, 6.07) is 8.61. The Kier molecular flexibility index (Phi) is 5.03. The minimum absolute atomic E-state index is 0.109. The van der Waals surface area contributed by atoms with Gasteiger partial charge in [-0.05, 0) is 69.4 Å². The van der Waals surface area contributed by atoms with Crippen LogP contribution in [0.5, 0.6) is 0 Å². The van der Waals surface area contributed by atoms with Crippen LogP contribution in [0.3, 0.4) is 0 Å². The first-order valence-corrected chi connectivity index (χ1v) is 8.48. The average Bonchev–Trinajstić information content (AvgIpc) is 2.51. The number of hydrogen-bond acceptors (Lipinski definition) is 3. The Labute approximate surface area is 145 Å². The van der Waals surface area contributed by atoms with Gasteiger partial charge in [0.1, 0.15) is 11.6 Å². The maximum absolute atomic E-state index is 11.7. The molecule has 1 aromatic carbocycles. The van der Waals surface area contributed by atoms with Crippen LogP contribution in [-0.2, 0) is 4.79 Å². The van der Waals surface area contributed by atoms with Gasteiger partial charge in [-0.1, -0.05) is 13.0 Å². The van der Waals surface area contributed by atoms with Crippen molar-refractivity contribution in [2.45, 2.75) is 58.5 Å². The van der Waals surface area contributed by atoms with E-state index in [-0.39, 0.29) is 17.0 Å². The summed E-state index contributed by atoms with van der Waals surface area (Å²) in [5, 5.41) is 11.7. The number of hydrogen-bond donors (Lipinski definition) is 1. The van der Waals surface area contributed by atoms with Crippen LogP contribution in [0.15, 0.2) is 23.8 Å². The Bertz CT molecular complexity index is 710. The quantitative estimate of drug-likeness (QED) is 0.678. The van der Waals surface area contributed by atoms with E-state index in [0.717, 1.165) is 12.0 Å². The van der Waals surface area contributed by atoms with Crippen molar-refractivity contribution >= 4 is 17.7 Å². The van der Waals surface area contributed by atoms with Crippen LogP contribution in [-0.4, -0.2) is 24.5 Å². The van der Waals surface area contributed by atoms with Crippen LogP contribution >= 0.6 is 0 Å². The summed E-state index contributed by atoms with van der Waals surface area (Å²) in [4.78, 5) is 14.2. The van der Waals surface area contributed by atoms with Crippen molar-refractivity contribution in [2.24, 2.45) is 0 Å². The minimum Gasteiger partial charge on any atom is -0.364 e. The zero-order valence-electron chi connectivity index (χ0n) is 15.5. The number of carbonyl (C=O) groups is 1. The zero-order valence-corrected chi connectivity index (χ0v) is 15.5. The molecule has 1 unspecified atom stereocenters. The molecule has 2 rings (SSSR count). The second-order valence-corrected chi connectivity index (χ2v) is 7.45. The molecule has 0 aromatic heterocycles. The van der Waals surface area contributed by atoms with Crippen molar-refractivity contribution in [3.8, 4) is 6.07 Å². The minimum atomic E-state index is -0.354. The number of anilines is 1. The first-order chi connectivity index (χ1) is 11.2. The van der Waals surface area contributed by atoms with Crippen LogP contribution in [0.1, 0.15) is 58.1 Å². The van der Waals surface area contributed by atoms with E-state index in [4.69, 9.17) is 0 Å². The Morgan fingerprint density at radius 3 is 2.67 bits per heavy atom. The number of carbonyl (C=O) groups excluding carboxylic acids is 1. The molecular weight excluding hydrogens is 298 g/mol. The average molecular weight is 325 g/mol. The molecule has 1 aromatic rings. The fourth-order valence-electron chi connectivity index (χ4n) is 3.99. The first-order valence-electron chi connectivity index (χ1n) is 8.48. The van der Waals surface area contributed by atoms with Crippen molar-refractivity contribution in [3.05, 3.63) is 34.9 Å². The molecule has 1 atom stereocenters. The molecule has 0 spiro atoms. The van der Waals surface area contributed by atoms with Gasteiger partial charge >= 0.3 is 0 Å². The molecule has 0 saturated heterocycles. The van der Waals surface area contributed by atoms with E-state index in [1.54, 1.807) is 6.08 Å². The lowest BCUT2D eigenvalue weighted by atomic mass is 9.79. The summed E-state index contributed by atoms with van der Waals surface area (Å²) in [5.41, 5.74) is 3.67. The molecule has 1 amide bonds. The summed E-state index contributed by atoms with van der Waals surface area (Å²) in [7, 11) is 1.53. The van der Waals surface area contributed by atoms with E-state index >= 15 is 0 Å². The predicted octanol–water partition coefficient (Wildman–Crippen LogP) is 3.84. The van der Waals surface area contributed by atoms with E-state index in [1.165, 1.54) is 18.3 Å². The third-order valence-corrected chi connectivity index (χ3v) is 4.72. The molecule has 128 valence electrons. The highest BCUT2D eigenvalue weighted by atomic mass is 16.1. The maximum atomic E-state index is 11.7. The van der Waals surface area contributed by atoms with Gasteiger partial charge in [0, 0.05) is 24.3 Å². The highest BCUT2D eigenvalue weighted by molar-refractivity contribution is 6.01. The number of nitriles is 1. The lowest BCUT2D eigenvalue weighted by Crippen LogP contribution is -2.51. The summed E-state index contributed by atoms with van der Waals surface area (Å²) in [6.07, 6.45) is 2.73. The molecule has 4 nitrogen and oxygen atoms in total. The largest absolute Gasteiger partial charge is 0.364 e. The molecule has 0 radical (unpaired) electrons. The molecule has 1 aliphatic rings. The lowest BCUT2D eigenvalue weighted by molar-refractivity contribution is -0.116. The Hall–Kier alpha value is -2.28. The molecule has 0 aliphatic carbocycles. The number of likely N-dealkylation sites (N-methyl/N-ethyl adjacent to an activating group) is 1. The molecule has 0 saturated carbocycles. The van der Waals surface area contributed by atoms with E-state index in [2.05, 4.69) is 57.0 Å².